The number of ether oxygens (including phenoxy) is 10. The minimum Gasteiger partial charge on any atom is -0.465 e. The van der Waals surface area contributed by atoms with Gasteiger partial charge in [-0.2, -0.15) is 0 Å². The number of fused-ring (bicyclic) bond motifs is 4. The van der Waals surface area contributed by atoms with Gasteiger partial charge in [-0.1, -0.05) is 0 Å². The molecule has 5 aliphatic heterocycles. The monoisotopic (exact) mass is 668 g/mol. The van der Waals surface area contributed by atoms with Crippen molar-refractivity contribution in [3.05, 3.63) is 69.8 Å². The van der Waals surface area contributed by atoms with Crippen molar-refractivity contribution in [3.8, 4) is 0 Å². The highest BCUT2D eigenvalue weighted by Crippen LogP contribution is 2.34. The lowest BCUT2D eigenvalue weighted by Gasteiger charge is -2.19. The van der Waals surface area contributed by atoms with Crippen LogP contribution in [0.2, 0.25) is 0 Å². The molecular formula is C32H28O16. The highest BCUT2D eigenvalue weighted by molar-refractivity contribution is 6.01. The fourth-order valence-electron chi connectivity index (χ4n) is 6.28. The van der Waals surface area contributed by atoms with E-state index in [1.807, 2.05) is 0 Å². The Kier molecular flexibility index (Phi) is 8.32. The number of hydrogen-bond acceptors (Lipinski definition) is 16. The lowest BCUT2D eigenvalue weighted by Crippen LogP contribution is -2.36. The summed E-state index contributed by atoms with van der Waals surface area (Å²) < 4.78 is 55.4. The Morgan fingerprint density at radius 3 is 0.958 bits per heavy atom. The molecule has 4 fully saturated rings. The summed E-state index contributed by atoms with van der Waals surface area (Å²) in [6.45, 7) is -0.445. The van der Waals surface area contributed by atoms with E-state index in [2.05, 4.69) is 0 Å². The van der Waals surface area contributed by atoms with Crippen LogP contribution >= 0.6 is 0 Å². The summed E-state index contributed by atoms with van der Waals surface area (Å²) in [4.78, 5) is 78.2. The second-order valence-electron chi connectivity index (χ2n) is 11.5. The van der Waals surface area contributed by atoms with E-state index in [0.717, 1.165) is 14.2 Å². The average molecular weight is 669 g/mol. The second kappa shape index (κ2) is 12.6. The van der Waals surface area contributed by atoms with Gasteiger partial charge in [-0.05, 0) is 36.4 Å². The van der Waals surface area contributed by atoms with Gasteiger partial charge in [0.25, 0.3) is 0 Å². The third kappa shape index (κ3) is 5.76. The second-order valence-corrected chi connectivity index (χ2v) is 11.5. The Morgan fingerprint density at radius 2 is 0.729 bits per heavy atom. The van der Waals surface area contributed by atoms with Crippen LogP contribution < -0.4 is 0 Å². The maximum atomic E-state index is 13.3. The van der Waals surface area contributed by atoms with E-state index in [9.17, 15) is 28.8 Å². The zero-order valence-electron chi connectivity index (χ0n) is 25.4. The molecule has 12 bridgehead atoms. The standard InChI is InChI=1S/C32H28O16/c1-39-27(33)13-3-15-7-16(4-13)30(36)46-20-10-42-26-22(12-44-24(20)26)48-32(38)18-6-14(28(34)40-2)5-17(8-18)31(37)47-21-11-43-23-19(45-29(15)35)9-41-25(21)23/h3-8,19-26H,9-12H2,1-2H3/t19-,20-,21+,22+,23-,24-,25-,26-/m1/s1. The number of benzene rings is 2. The first-order chi connectivity index (χ1) is 23.1. The Bertz CT molecular complexity index is 1480. The first kappa shape index (κ1) is 31.7. The van der Waals surface area contributed by atoms with Crippen LogP contribution in [0.25, 0.3) is 0 Å². The smallest absolute Gasteiger partial charge is 0.338 e. The molecule has 7 rings (SSSR count). The number of methoxy groups -OCH3 is 2. The molecule has 0 saturated carbocycles. The van der Waals surface area contributed by atoms with Gasteiger partial charge in [0.1, 0.15) is 24.4 Å². The van der Waals surface area contributed by atoms with E-state index in [1.165, 1.54) is 36.4 Å². The van der Waals surface area contributed by atoms with Crippen LogP contribution in [-0.4, -0.2) is 125 Å². The molecule has 8 atom stereocenters. The van der Waals surface area contributed by atoms with Crippen molar-refractivity contribution in [3.63, 3.8) is 0 Å². The van der Waals surface area contributed by atoms with Crippen molar-refractivity contribution in [2.24, 2.45) is 0 Å². The zero-order chi connectivity index (χ0) is 33.7. The summed E-state index contributed by atoms with van der Waals surface area (Å²) in [6.07, 6.45) is -7.05. The molecule has 5 aliphatic rings. The number of carbonyl (C=O) groups is 6. The third-order valence-corrected chi connectivity index (χ3v) is 8.61. The molecule has 5 heterocycles. The maximum absolute atomic E-state index is 13.3. The predicted octanol–water partition coefficient (Wildman–Crippen LogP) is 0.670. The zero-order valence-corrected chi connectivity index (χ0v) is 25.4. The predicted molar refractivity (Wildman–Crippen MR) is 151 cm³/mol. The van der Waals surface area contributed by atoms with Crippen molar-refractivity contribution >= 4 is 35.8 Å². The molecule has 16 heteroatoms. The number of carbonyl (C=O) groups excluding carboxylic acids is 6. The molecule has 2 aromatic carbocycles. The molecular weight excluding hydrogens is 640 g/mol. The van der Waals surface area contributed by atoms with Gasteiger partial charge in [-0.25, -0.2) is 28.8 Å². The molecule has 0 amide bonds. The van der Waals surface area contributed by atoms with Gasteiger partial charge in [0.15, 0.2) is 24.4 Å². The normalized spacial score (nSPS) is 31.0. The number of hydrogen-bond donors (Lipinski definition) is 0. The number of esters is 6. The van der Waals surface area contributed by atoms with E-state index in [1.54, 1.807) is 0 Å². The topological polar surface area (TPSA) is 195 Å². The molecule has 0 aromatic heterocycles. The van der Waals surface area contributed by atoms with Crippen molar-refractivity contribution in [2.45, 2.75) is 48.8 Å². The van der Waals surface area contributed by atoms with Crippen molar-refractivity contribution in [1.82, 2.24) is 0 Å². The quantitative estimate of drug-likeness (QED) is 0.320. The van der Waals surface area contributed by atoms with E-state index in [4.69, 9.17) is 47.4 Å². The third-order valence-electron chi connectivity index (χ3n) is 8.61. The lowest BCUT2D eigenvalue weighted by atomic mass is 10.0. The van der Waals surface area contributed by atoms with Crippen LogP contribution in [0.3, 0.4) is 0 Å². The summed E-state index contributed by atoms with van der Waals surface area (Å²) >= 11 is 0. The van der Waals surface area contributed by atoms with E-state index in [-0.39, 0.29) is 59.8 Å². The molecule has 0 N–H and O–H groups in total. The Balaban J connectivity index is 1.23. The minimum absolute atomic E-state index is 0.110. The molecule has 0 aliphatic carbocycles. The summed E-state index contributed by atoms with van der Waals surface area (Å²) in [5.74, 6) is -5.20. The summed E-state index contributed by atoms with van der Waals surface area (Å²) in [5.41, 5.74) is -0.822. The van der Waals surface area contributed by atoms with Gasteiger partial charge < -0.3 is 47.4 Å². The van der Waals surface area contributed by atoms with Crippen molar-refractivity contribution in [1.29, 1.82) is 0 Å². The van der Waals surface area contributed by atoms with Crippen LogP contribution in [-0.2, 0) is 47.4 Å². The van der Waals surface area contributed by atoms with E-state index in [0.29, 0.717) is 0 Å². The highest BCUT2D eigenvalue weighted by Gasteiger charge is 2.53. The average Bonchev–Trinajstić information content (AvgIpc) is 3.88. The minimum atomic E-state index is -0.940. The molecule has 4 saturated heterocycles. The molecule has 0 unspecified atom stereocenters. The fraction of sp³-hybridized carbons (Fsp3) is 0.438. The van der Waals surface area contributed by atoms with Crippen LogP contribution in [0.4, 0.5) is 0 Å². The Morgan fingerprint density at radius 1 is 0.479 bits per heavy atom. The van der Waals surface area contributed by atoms with Crippen molar-refractivity contribution < 1.29 is 76.1 Å². The first-order valence-corrected chi connectivity index (χ1v) is 14.9. The first-order valence-electron chi connectivity index (χ1n) is 14.9. The van der Waals surface area contributed by atoms with Gasteiger partial charge in [-0.15, -0.1) is 0 Å². The van der Waals surface area contributed by atoms with Gasteiger partial charge in [0, 0.05) is 0 Å². The van der Waals surface area contributed by atoms with Gasteiger partial charge in [0.05, 0.1) is 74.0 Å². The van der Waals surface area contributed by atoms with Gasteiger partial charge in [-0.3, -0.25) is 0 Å². The Hall–Kier alpha value is -4.90. The molecule has 48 heavy (non-hydrogen) atoms. The van der Waals surface area contributed by atoms with Crippen LogP contribution in [0, 0.1) is 0 Å². The van der Waals surface area contributed by atoms with E-state index < -0.39 is 84.6 Å². The van der Waals surface area contributed by atoms with Gasteiger partial charge in [0.2, 0.25) is 0 Å². The highest BCUT2D eigenvalue weighted by atomic mass is 16.7. The molecule has 16 nitrogen and oxygen atoms in total. The van der Waals surface area contributed by atoms with Crippen LogP contribution in [0.1, 0.15) is 62.1 Å². The van der Waals surface area contributed by atoms with Gasteiger partial charge >= 0.3 is 35.8 Å². The fourth-order valence-corrected chi connectivity index (χ4v) is 6.28. The van der Waals surface area contributed by atoms with E-state index >= 15 is 0 Å². The molecule has 0 spiro atoms. The summed E-state index contributed by atoms with van der Waals surface area (Å²) in [5, 5.41) is 0. The largest absolute Gasteiger partial charge is 0.465 e. The van der Waals surface area contributed by atoms with Crippen LogP contribution in [0.5, 0.6) is 0 Å². The number of rotatable bonds is 2. The maximum Gasteiger partial charge on any atom is 0.338 e. The molecule has 252 valence electrons. The molecule has 0 radical (unpaired) electrons. The SMILES string of the molecule is COC(=O)c1cc2cc(c1)C(=O)O[C@H]1CO[C@H]3[C@@H]1OC[C@H]3OC(=O)c1cc(C(=O)OC)cc(c1)C(=O)O[C@@H]1CO[C@H]3[C@@H]1OC[C@@H]3OC2=O. The van der Waals surface area contributed by atoms with Crippen molar-refractivity contribution in [2.75, 3.05) is 40.6 Å². The Labute approximate surface area is 271 Å². The summed E-state index contributed by atoms with van der Waals surface area (Å²) in [7, 11) is 2.29. The lowest BCUT2D eigenvalue weighted by molar-refractivity contribution is -0.0288. The summed E-state index contributed by atoms with van der Waals surface area (Å²) in [6, 6.07) is 7.26. The van der Waals surface area contributed by atoms with Crippen LogP contribution in [0.15, 0.2) is 36.4 Å². The molecule has 2 aromatic rings.